The van der Waals surface area contributed by atoms with Gasteiger partial charge in [0.1, 0.15) is 42.7 Å². The summed E-state index contributed by atoms with van der Waals surface area (Å²) in [6.45, 7) is -1.67. The first-order valence-corrected chi connectivity index (χ1v) is 7.52. The third kappa shape index (κ3) is 5.04. The van der Waals surface area contributed by atoms with Crippen LogP contribution in [0.15, 0.2) is 0 Å². The van der Waals surface area contributed by atoms with Crippen LogP contribution in [0.5, 0.6) is 0 Å². The van der Waals surface area contributed by atoms with Gasteiger partial charge >= 0.3 is 0 Å². The van der Waals surface area contributed by atoms with Gasteiger partial charge in [-0.05, 0) is 0 Å². The predicted octanol–water partition coefficient (Wildman–Crippen LogP) is -6.01. The normalized spacial score (nSPS) is 34.8. The van der Waals surface area contributed by atoms with Gasteiger partial charge in [0.25, 0.3) is 5.91 Å². The number of amides is 1. The first-order valence-electron chi connectivity index (χ1n) is 7.52. The number of aliphatic hydroxyl groups is 8. The topological polar surface area (TPSA) is 209 Å². The molecule has 0 saturated carbocycles. The molecule has 1 aliphatic rings. The Balaban J connectivity index is 2.95. The summed E-state index contributed by atoms with van der Waals surface area (Å²) in [5, 5.41) is 79.0. The average molecular weight is 371 g/mol. The van der Waals surface area contributed by atoms with Crippen molar-refractivity contribution in [1.29, 1.82) is 0 Å². The second-order valence-electron chi connectivity index (χ2n) is 5.60. The molecule has 148 valence electrons. The molecular weight excluding hydrogens is 346 g/mol. The van der Waals surface area contributed by atoms with Crippen molar-refractivity contribution in [2.24, 2.45) is 0 Å². The molecule has 0 aromatic carbocycles. The summed E-state index contributed by atoms with van der Waals surface area (Å²) < 4.78 is 10.2. The summed E-state index contributed by atoms with van der Waals surface area (Å²) in [4.78, 5) is 11.4. The highest BCUT2D eigenvalue weighted by molar-refractivity contribution is 5.80. The zero-order valence-corrected chi connectivity index (χ0v) is 13.4. The number of hydrogen-bond donors (Lipinski definition) is 9. The van der Waals surface area contributed by atoms with Crippen molar-refractivity contribution in [2.45, 2.75) is 55.1 Å². The molecule has 0 aromatic heterocycles. The van der Waals surface area contributed by atoms with Crippen molar-refractivity contribution in [3.8, 4) is 0 Å². The number of carbonyl (C=O) groups excluding carboxylic acids is 1. The number of rotatable bonds is 8. The van der Waals surface area contributed by atoms with Gasteiger partial charge in [0, 0.05) is 7.05 Å². The molecule has 1 aliphatic heterocycles. The molecule has 1 unspecified atom stereocenters. The van der Waals surface area contributed by atoms with Crippen molar-refractivity contribution in [3.63, 3.8) is 0 Å². The Labute approximate surface area is 142 Å². The van der Waals surface area contributed by atoms with Gasteiger partial charge in [0.05, 0.1) is 13.2 Å². The molecule has 0 radical (unpaired) electrons. The monoisotopic (exact) mass is 371 g/mol. The van der Waals surface area contributed by atoms with Crippen LogP contribution >= 0.6 is 0 Å². The Kier molecular flexibility index (Phi) is 8.56. The smallest absolute Gasteiger partial charge is 0.251 e. The van der Waals surface area contributed by atoms with Gasteiger partial charge in [0.2, 0.25) is 0 Å². The van der Waals surface area contributed by atoms with E-state index in [1.807, 2.05) is 0 Å². The van der Waals surface area contributed by atoms with Crippen LogP contribution in [0.25, 0.3) is 0 Å². The van der Waals surface area contributed by atoms with E-state index >= 15 is 0 Å². The van der Waals surface area contributed by atoms with Crippen molar-refractivity contribution in [1.82, 2.24) is 5.32 Å². The highest BCUT2D eigenvalue weighted by atomic mass is 16.7. The van der Waals surface area contributed by atoms with Gasteiger partial charge in [-0.3, -0.25) is 4.79 Å². The van der Waals surface area contributed by atoms with Crippen molar-refractivity contribution in [2.75, 3.05) is 20.3 Å². The molecular formula is C13H25NO11. The Bertz CT molecular complexity index is 423. The van der Waals surface area contributed by atoms with Gasteiger partial charge in [-0.15, -0.1) is 0 Å². The van der Waals surface area contributed by atoms with Crippen LogP contribution in [-0.4, -0.2) is 122 Å². The van der Waals surface area contributed by atoms with Crippen LogP contribution in [0.4, 0.5) is 0 Å². The quantitative estimate of drug-likeness (QED) is 0.196. The highest BCUT2D eigenvalue weighted by Gasteiger charge is 2.47. The molecule has 12 nitrogen and oxygen atoms in total. The highest BCUT2D eigenvalue weighted by Crippen LogP contribution is 2.24. The van der Waals surface area contributed by atoms with E-state index in [0.29, 0.717) is 0 Å². The van der Waals surface area contributed by atoms with Crippen LogP contribution in [0.1, 0.15) is 0 Å². The third-order valence-electron chi connectivity index (χ3n) is 3.88. The van der Waals surface area contributed by atoms with E-state index in [2.05, 4.69) is 5.32 Å². The lowest BCUT2D eigenvalue weighted by molar-refractivity contribution is -0.326. The zero-order valence-electron chi connectivity index (χ0n) is 13.4. The maximum absolute atomic E-state index is 11.4. The molecule has 9 atom stereocenters. The standard InChI is InChI=1S/C13H25NO11/c1-14-12(23)9(21)8(20)11(4(17)2-15)25-13-10(22)7(19)6(18)5(3-16)24-13/h4-11,13,15-22H,2-3H2,1H3,(H,14,23)/t4-,5-,6-,7+,8-,9-,10-,11?,13-/m0/s1. The first kappa shape index (κ1) is 22.1. The molecule has 0 aliphatic carbocycles. The summed E-state index contributed by atoms with van der Waals surface area (Å²) in [5.74, 6) is -1.000. The fourth-order valence-corrected chi connectivity index (χ4v) is 2.32. The maximum Gasteiger partial charge on any atom is 0.251 e. The summed E-state index contributed by atoms with van der Waals surface area (Å²) >= 11 is 0. The number of nitrogens with one attached hydrogen (secondary N) is 1. The van der Waals surface area contributed by atoms with E-state index in [1.165, 1.54) is 7.05 Å². The fraction of sp³-hybridized carbons (Fsp3) is 0.923. The third-order valence-corrected chi connectivity index (χ3v) is 3.88. The van der Waals surface area contributed by atoms with E-state index in [4.69, 9.17) is 19.7 Å². The van der Waals surface area contributed by atoms with E-state index < -0.39 is 74.2 Å². The molecule has 0 bridgehead atoms. The van der Waals surface area contributed by atoms with E-state index in [9.17, 15) is 35.4 Å². The molecule has 0 aromatic rings. The van der Waals surface area contributed by atoms with Gasteiger partial charge in [-0.2, -0.15) is 0 Å². The first-order chi connectivity index (χ1) is 11.7. The van der Waals surface area contributed by atoms with Gasteiger partial charge in [-0.25, -0.2) is 0 Å². The Morgan fingerprint density at radius 1 is 1.12 bits per heavy atom. The van der Waals surface area contributed by atoms with Crippen LogP contribution in [0, 0.1) is 0 Å². The van der Waals surface area contributed by atoms with Crippen LogP contribution in [0.3, 0.4) is 0 Å². The lowest BCUT2D eigenvalue weighted by Crippen LogP contribution is -2.62. The van der Waals surface area contributed by atoms with Gasteiger partial charge in [-0.1, -0.05) is 0 Å². The van der Waals surface area contributed by atoms with Crippen LogP contribution in [0.2, 0.25) is 0 Å². The maximum atomic E-state index is 11.4. The minimum Gasteiger partial charge on any atom is -0.394 e. The molecule has 9 N–H and O–H groups in total. The Morgan fingerprint density at radius 2 is 1.72 bits per heavy atom. The minimum atomic E-state index is -2.04. The van der Waals surface area contributed by atoms with E-state index in [-0.39, 0.29) is 0 Å². The molecule has 1 fully saturated rings. The second kappa shape index (κ2) is 9.68. The average Bonchev–Trinajstić information content (AvgIpc) is 2.63. The molecule has 12 heteroatoms. The fourth-order valence-electron chi connectivity index (χ4n) is 2.32. The van der Waals surface area contributed by atoms with Crippen molar-refractivity contribution < 1.29 is 55.1 Å². The summed E-state index contributed by atoms with van der Waals surface area (Å²) in [6, 6.07) is 0. The Hall–Kier alpha value is -0.930. The van der Waals surface area contributed by atoms with E-state index in [1.54, 1.807) is 0 Å². The lowest BCUT2D eigenvalue weighted by atomic mass is 9.98. The van der Waals surface area contributed by atoms with Gasteiger partial charge in [0.15, 0.2) is 12.4 Å². The number of hydrogen-bond acceptors (Lipinski definition) is 11. The minimum absolute atomic E-state index is 0.735. The number of aliphatic hydroxyl groups excluding tert-OH is 8. The predicted molar refractivity (Wildman–Crippen MR) is 77.8 cm³/mol. The lowest BCUT2D eigenvalue weighted by Gasteiger charge is -2.42. The number of carbonyl (C=O) groups is 1. The summed E-state index contributed by atoms with van der Waals surface area (Å²) in [6.07, 6.45) is -16.0. The molecule has 1 amide bonds. The van der Waals surface area contributed by atoms with Gasteiger partial charge < -0.3 is 55.6 Å². The summed E-state index contributed by atoms with van der Waals surface area (Å²) in [5.41, 5.74) is 0. The largest absolute Gasteiger partial charge is 0.394 e. The van der Waals surface area contributed by atoms with Crippen molar-refractivity contribution in [3.05, 3.63) is 0 Å². The molecule has 1 saturated heterocycles. The zero-order chi connectivity index (χ0) is 19.3. The molecule has 1 rings (SSSR count). The number of ether oxygens (including phenoxy) is 2. The van der Waals surface area contributed by atoms with Crippen molar-refractivity contribution >= 4 is 5.91 Å². The number of likely N-dealkylation sites (N-methyl/N-ethyl adjacent to an activating group) is 1. The molecule has 25 heavy (non-hydrogen) atoms. The van der Waals surface area contributed by atoms with E-state index in [0.717, 1.165) is 0 Å². The second-order valence-corrected chi connectivity index (χ2v) is 5.60. The SMILES string of the molecule is CNC(=O)[C@@H](O)[C@H](O)C(O[C@@H]1O[C@@H](CO)[C@H](O)[C@@H](O)[C@@H]1O)[C@@H](O)CO. The van der Waals surface area contributed by atoms with Crippen LogP contribution < -0.4 is 5.32 Å². The summed E-state index contributed by atoms with van der Waals surface area (Å²) in [7, 11) is 1.19. The molecule has 0 spiro atoms. The van der Waals surface area contributed by atoms with Crippen LogP contribution in [-0.2, 0) is 14.3 Å². The Morgan fingerprint density at radius 3 is 2.20 bits per heavy atom. The molecule has 1 heterocycles.